The Kier molecular flexibility index (Phi) is 3.97. The van der Waals surface area contributed by atoms with Crippen LogP contribution in [0.5, 0.6) is 0 Å². The van der Waals surface area contributed by atoms with Crippen LogP contribution in [0.4, 0.5) is 0 Å². The number of hydrogen-bond donors (Lipinski definition) is 1. The molecule has 1 aromatic carbocycles. The summed E-state index contributed by atoms with van der Waals surface area (Å²) < 4.78 is 0. The molecule has 6 nitrogen and oxygen atoms in total. The molecule has 0 bridgehead atoms. The van der Waals surface area contributed by atoms with Gasteiger partial charge in [0.15, 0.2) is 0 Å². The molecule has 100 valence electrons. The van der Waals surface area contributed by atoms with Crippen molar-refractivity contribution in [3.8, 4) is 12.1 Å². The van der Waals surface area contributed by atoms with Gasteiger partial charge in [-0.1, -0.05) is 0 Å². The van der Waals surface area contributed by atoms with Gasteiger partial charge in [0.1, 0.15) is 0 Å². The highest BCUT2D eigenvalue weighted by molar-refractivity contribution is 5.96. The van der Waals surface area contributed by atoms with Crippen LogP contribution < -0.4 is 5.32 Å². The van der Waals surface area contributed by atoms with Gasteiger partial charge in [-0.05, 0) is 24.3 Å². The molecule has 0 saturated carbocycles. The third-order valence-corrected chi connectivity index (χ3v) is 3.09. The maximum atomic E-state index is 11.8. The van der Waals surface area contributed by atoms with Crippen molar-refractivity contribution >= 4 is 11.8 Å². The fraction of sp³-hybridized carbons (Fsp3) is 0.286. The zero-order valence-electron chi connectivity index (χ0n) is 10.7. The monoisotopic (exact) mass is 268 g/mol. The Bertz CT molecular complexity index is 604. The average molecular weight is 268 g/mol. The molecule has 0 spiro atoms. The second-order valence-electron chi connectivity index (χ2n) is 4.50. The van der Waals surface area contributed by atoms with Gasteiger partial charge < -0.3 is 10.2 Å². The highest BCUT2D eigenvalue weighted by Gasteiger charge is 2.30. The molecule has 1 N–H and O–H groups in total. The molecule has 0 radical (unpaired) electrons. The summed E-state index contributed by atoms with van der Waals surface area (Å²) in [6.45, 7) is 0.779. The van der Waals surface area contributed by atoms with Crippen LogP contribution in [0.2, 0.25) is 0 Å². The Hall–Kier alpha value is -2.86. The quantitative estimate of drug-likeness (QED) is 0.850. The van der Waals surface area contributed by atoms with Crippen LogP contribution >= 0.6 is 0 Å². The minimum absolute atomic E-state index is 0.0863. The number of nitrogens with zero attached hydrogens (tertiary/aromatic N) is 3. The van der Waals surface area contributed by atoms with E-state index >= 15 is 0 Å². The summed E-state index contributed by atoms with van der Waals surface area (Å²) in [6, 6.07) is 10.2. The zero-order chi connectivity index (χ0) is 14.5. The molecule has 0 unspecified atom stereocenters. The third kappa shape index (κ3) is 2.93. The Morgan fingerprint density at radius 3 is 2.45 bits per heavy atom. The summed E-state index contributed by atoms with van der Waals surface area (Å²) in [7, 11) is 0. The topological polar surface area (TPSA) is 97.0 Å². The van der Waals surface area contributed by atoms with E-state index in [2.05, 4.69) is 11.4 Å². The summed E-state index contributed by atoms with van der Waals surface area (Å²) in [6.07, 6.45) is 0. The van der Waals surface area contributed by atoms with E-state index in [9.17, 15) is 9.59 Å². The van der Waals surface area contributed by atoms with E-state index in [1.54, 1.807) is 12.1 Å². The van der Waals surface area contributed by atoms with Crippen LogP contribution in [-0.2, 0) is 4.79 Å². The van der Waals surface area contributed by atoms with Gasteiger partial charge in [0.2, 0.25) is 5.91 Å². The summed E-state index contributed by atoms with van der Waals surface area (Å²) in [5.74, 6) is -0.646. The van der Waals surface area contributed by atoms with Gasteiger partial charge >= 0.3 is 0 Å². The van der Waals surface area contributed by atoms with Gasteiger partial charge in [0.25, 0.3) is 5.91 Å². The second kappa shape index (κ2) is 5.85. The van der Waals surface area contributed by atoms with Crippen molar-refractivity contribution in [3.05, 3.63) is 35.4 Å². The van der Waals surface area contributed by atoms with Gasteiger partial charge in [-0.15, -0.1) is 0 Å². The molecule has 0 aliphatic carbocycles. The number of carbonyl (C=O) groups is 2. The van der Waals surface area contributed by atoms with Crippen molar-refractivity contribution in [3.63, 3.8) is 0 Å². The average Bonchev–Trinajstić information content (AvgIpc) is 2.43. The molecule has 2 amide bonds. The van der Waals surface area contributed by atoms with E-state index < -0.39 is 0 Å². The summed E-state index contributed by atoms with van der Waals surface area (Å²) in [4.78, 5) is 25.0. The largest absolute Gasteiger partial charge is 0.343 e. The number of nitriles is 2. The van der Waals surface area contributed by atoms with Crippen molar-refractivity contribution in [2.24, 2.45) is 5.92 Å². The molecular weight excluding hydrogens is 256 g/mol. The fourth-order valence-corrected chi connectivity index (χ4v) is 1.83. The van der Waals surface area contributed by atoms with Crippen molar-refractivity contribution in [1.29, 1.82) is 10.5 Å². The molecule has 20 heavy (non-hydrogen) atoms. The predicted octanol–water partition coefficient (Wildman–Crippen LogP) is 0.270. The fourth-order valence-electron chi connectivity index (χ4n) is 1.83. The van der Waals surface area contributed by atoms with Crippen LogP contribution in [0.1, 0.15) is 15.9 Å². The molecule has 1 aliphatic rings. The molecule has 1 aromatic rings. The van der Waals surface area contributed by atoms with E-state index in [1.807, 2.05) is 6.07 Å². The molecule has 1 heterocycles. The number of likely N-dealkylation sites (tertiary alicyclic amines) is 1. The first kappa shape index (κ1) is 13.6. The first-order chi connectivity index (χ1) is 9.63. The smallest absolute Gasteiger partial charge is 0.251 e. The van der Waals surface area contributed by atoms with E-state index in [0.717, 1.165) is 0 Å². The van der Waals surface area contributed by atoms with Crippen LogP contribution in [0.3, 0.4) is 0 Å². The summed E-state index contributed by atoms with van der Waals surface area (Å²) in [5.41, 5.74) is 0.871. The van der Waals surface area contributed by atoms with Crippen LogP contribution in [0.25, 0.3) is 0 Å². The molecule has 2 rings (SSSR count). The molecule has 0 atom stereocenters. The van der Waals surface area contributed by atoms with Gasteiger partial charge in [-0.3, -0.25) is 9.59 Å². The van der Waals surface area contributed by atoms with Crippen molar-refractivity contribution in [2.75, 3.05) is 19.6 Å². The third-order valence-electron chi connectivity index (χ3n) is 3.09. The van der Waals surface area contributed by atoms with Crippen molar-refractivity contribution in [2.45, 2.75) is 0 Å². The standard InChI is InChI=1S/C14H12N4O2/c15-5-10-1-3-12(4-2-10)14(20)17-7-13(19)18-8-11(6-16)9-18/h1-4,11H,7-9H2,(H,17,20). The lowest BCUT2D eigenvalue weighted by Crippen LogP contribution is -2.52. The molecular formula is C14H12N4O2. The Balaban J connectivity index is 1.82. The Labute approximate surface area is 116 Å². The molecule has 1 fully saturated rings. The number of carbonyl (C=O) groups excluding carboxylic acids is 2. The first-order valence-electron chi connectivity index (χ1n) is 6.10. The van der Waals surface area contributed by atoms with E-state index in [4.69, 9.17) is 10.5 Å². The minimum Gasteiger partial charge on any atom is -0.343 e. The molecule has 1 aliphatic heterocycles. The first-order valence-corrected chi connectivity index (χ1v) is 6.10. The maximum absolute atomic E-state index is 11.8. The SMILES string of the molecule is N#Cc1ccc(C(=O)NCC(=O)N2CC(C#N)C2)cc1. The van der Waals surface area contributed by atoms with Crippen LogP contribution in [0, 0.1) is 28.6 Å². The zero-order valence-corrected chi connectivity index (χ0v) is 10.7. The maximum Gasteiger partial charge on any atom is 0.251 e. The van der Waals surface area contributed by atoms with Gasteiger partial charge in [0.05, 0.1) is 30.2 Å². The minimum atomic E-state index is -0.361. The highest BCUT2D eigenvalue weighted by atomic mass is 16.2. The molecule has 6 heteroatoms. The number of amides is 2. The highest BCUT2D eigenvalue weighted by Crippen LogP contribution is 2.13. The lowest BCUT2D eigenvalue weighted by atomic mass is 10.0. The number of hydrogen-bond acceptors (Lipinski definition) is 4. The molecule has 1 saturated heterocycles. The molecule has 0 aromatic heterocycles. The van der Waals surface area contributed by atoms with Crippen molar-refractivity contribution in [1.82, 2.24) is 10.2 Å². The summed E-state index contributed by atoms with van der Waals surface area (Å²) in [5, 5.41) is 19.8. The Morgan fingerprint density at radius 2 is 1.90 bits per heavy atom. The van der Waals surface area contributed by atoms with Crippen LogP contribution in [-0.4, -0.2) is 36.3 Å². The number of nitrogens with one attached hydrogen (secondary N) is 1. The number of benzene rings is 1. The van der Waals surface area contributed by atoms with Crippen LogP contribution in [0.15, 0.2) is 24.3 Å². The number of rotatable bonds is 3. The van der Waals surface area contributed by atoms with Gasteiger partial charge in [-0.2, -0.15) is 10.5 Å². The van der Waals surface area contributed by atoms with Gasteiger partial charge in [0, 0.05) is 18.7 Å². The van der Waals surface area contributed by atoms with E-state index in [-0.39, 0.29) is 24.3 Å². The lowest BCUT2D eigenvalue weighted by Gasteiger charge is -2.35. The van der Waals surface area contributed by atoms with Crippen molar-refractivity contribution < 1.29 is 9.59 Å². The Morgan fingerprint density at radius 1 is 1.25 bits per heavy atom. The van der Waals surface area contributed by atoms with E-state index in [1.165, 1.54) is 17.0 Å². The predicted molar refractivity (Wildman–Crippen MR) is 69.2 cm³/mol. The summed E-state index contributed by atoms with van der Waals surface area (Å²) >= 11 is 0. The van der Waals surface area contributed by atoms with E-state index in [0.29, 0.717) is 24.2 Å². The lowest BCUT2D eigenvalue weighted by molar-refractivity contribution is -0.135. The second-order valence-corrected chi connectivity index (χ2v) is 4.50. The van der Waals surface area contributed by atoms with Gasteiger partial charge in [-0.25, -0.2) is 0 Å². The normalized spacial score (nSPS) is 13.8.